The minimum atomic E-state index is 0.284. The summed E-state index contributed by atoms with van der Waals surface area (Å²) in [6.45, 7) is 13.6. The molecule has 114 valence electrons. The summed E-state index contributed by atoms with van der Waals surface area (Å²) in [6, 6.07) is 11.8. The van der Waals surface area contributed by atoms with Crippen molar-refractivity contribution in [1.29, 1.82) is 0 Å². The third-order valence-corrected chi connectivity index (χ3v) is 4.30. The van der Waals surface area contributed by atoms with Gasteiger partial charge in [-0.3, -0.25) is 4.90 Å². The maximum atomic E-state index is 3.58. The molecule has 1 aromatic carbocycles. The minimum absolute atomic E-state index is 0.284. The van der Waals surface area contributed by atoms with E-state index < -0.39 is 0 Å². The molecule has 2 unspecified atom stereocenters. The Bertz CT molecular complexity index is 367. The summed E-state index contributed by atoms with van der Waals surface area (Å²) in [5.74, 6) is 0. The molecule has 1 rings (SSSR count). The van der Waals surface area contributed by atoms with Crippen LogP contribution < -0.4 is 5.32 Å². The van der Waals surface area contributed by atoms with Crippen LogP contribution in [0.25, 0.3) is 0 Å². The van der Waals surface area contributed by atoms with Crippen molar-refractivity contribution in [1.82, 2.24) is 10.2 Å². The summed E-state index contributed by atoms with van der Waals surface area (Å²) in [6.07, 6.45) is 1.18. The second-order valence-electron chi connectivity index (χ2n) is 6.84. The van der Waals surface area contributed by atoms with E-state index in [0.29, 0.717) is 12.1 Å². The molecule has 0 saturated carbocycles. The van der Waals surface area contributed by atoms with E-state index in [0.717, 1.165) is 13.1 Å². The Hall–Kier alpha value is -0.860. The average molecular weight is 276 g/mol. The van der Waals surface area contributed by atoms with Gasteiger partial charge in [0.15, 0.2) is 0 Å². The van der Waals surface area contributed by atoms with Crippen LogP contribution in [0.5, 0.6) is 0 Å². The van der Waals surface area contributed by atoms with Gasteiger partial charge in [0.25, 0.3) is 0 Å². The van der Waals surface area contributed by atoms with E-state index in [2.05, 4.69) is 82.2 Å². The predicted molar refractivity (Wildman–Crippen MR) is 89.0 cm³/mol. The highest BCUT2D eigenvalue weighted by Gasteiger charge is 2.29. The molecule has 20 heavy (non-hydrogen) atoms. The molecule has 0 aliphatic rings. The van der Waals surface area contributed by atoms with Gasteiger partial charge in [-0.05, 0) is 37.9 Å². The van der Waals surface area contributed by atoms with E-state index in [1.165, 1.54) is 12.0 Å². The zero-order chi connectivity index (χ0) is 15.2. The summed E-state index contributed by atoms with van der Waals surface area (Å²) in [7, 11) is 2.25. The molecule has 0 bridgehead atoms. The molecule has 0 fully saturated rings. The number of likely N-dealkylation sites (N-methyl/N-ethyl adjacent to an activating group) is 1. The molecule has 1 N–H and O–H groups in total. The number of rotatable bonds is 7. The van der Waals surface area contributed by atoms with Gasteiger partial charge in [0.1, 0.15) is 0 Å². The Kier molecular flexibility index (Phi) is 6.70. The second-order valence-corrected chi connectivity index (χ2v) is 6.84. The molecular weight excluding hydrogens is 244 g/mol. The normalized spacial score (nSPS) is 15.3. The van der Waals surface area contributed by atoms with Crippen LogP contribution in [0.3, 0.4) is 0 Å². The maximum absolute atomic E-state index is 3.58. The van der Waals surface area contributed by atoms with Crippen molar-refractivity contribution in [2.45, 2.75) is 53.1 Å². The fraction of sp³-hybridized carbons (Fsp3) is 0.667. The van der Waals surface area contributed by atoms with Gasteiger partial charge in [-0.1, -0.05) is 58.0 Å². The van der Waals surface area contributed by atoms with Crippen molar-refractivity contribution in [2.75, 3.05) is 20.1 Å². The highest BCUT2D eigenvalue weighted by molar-refractivity contribution is 5.19. The highest BCUT2D eigenvalue weighted by Crippen LogP contribution is 2.29. The lowest BCUT2D eigenvalue weighted by Crippen LogP contribution is -2.44. The Morgan fingerprint density at radius 2 is 1.75 bits per heavy atom. The molecule has 0 aromatic heterocycles. The van der Waals surface area contributed by atoms with E-state index >= 15 is 0 Å². The maximum Gasteiger partial charge on any atom is 0.0472 e. The molecule has 2 heteroatoms. The molecule has 0 aliphatic carbocycles. The second kappa shape index (κ2) is 7.80. The molecule has 0 saturated heterocycles. The van der Waals surface area contributed by atoms with Gasteiger partial charge in [0, 0.05) is 18.6 Å². The molecule has 1 aromatic rings. The Morgan fingerprint density at radius 1 is 1.15 bits per heavy atom. The van der Waals surface area contributed by atoms with Crippen molar-refractivity contribution in [3.05, 3.63) is 35.9 Å². The molecule has 0 aliphatic heterocycles. The fourth-order valence-electron chi connectivity index (χ4n) is 2.47. The monoisotopic (exact) mass is 276 g/mol. The van der Waals surface area contributed by atoms with Crippen molar-refractivity contribution in [2.24, 2.45) is 5.41 Å². The summed E-state index contributed by atoms with van der Waals surface area (Å²) in [4.78, 5) is 2.51. The third kappa shape index (κ3) is 4.92. The van der Waals surface area contributed by atoms with Crippen molar-refractivity contribution in [3.63, 3.8) is 0 Å². The lowest BCUT2D eigenvalue weighted by atomic mass is 9.86. The van der Waals surface area contributed by atoms with Crippen LogP contribution in [0.4, 0.5) is 0 Å². The van der Waals surface area contributed by atoms with Gasteiger partial charge in [0.05, 0.1) is 0 Å². The topological polar surface area (TPSA) is 15.3 Å². The van der Waals surface area contributed by atoms with Gasteiger partial charge in [-0.25, -0.2) is 0 Å². The van der Waals surface area contributed by atoms with Gasteiger partial charge >= 0.3 is 0 Å². The summed E-state index contributed by atoms with van der Waals surface area (Å²) >= 11 is 0. The van der Waals surface area contributed by atoms with Crippen molar-refractivity contribution < 1.29 is 0 Å². The minimum Gasteiger partial charge on any atom is -0.315 e. The molecule has 0 heterocycles. The predicted octanol–water partition coefficient (Wildman–Crippen LogP) is 4.09. The van der Waals surface area contributed by atoms with Crippen LogP contribution in [0.15, 0.2) is 30.3 Å². The number of hydrogen-bond donors (Lipinski definition) is 1. The summed E-state index contributed by atoms with van der Waals surface area (Å²) in [5, 5.41) is 3.58. The molecule has 2 nitrogen and oxygen atoms in total. The van der Waals surface area contributed by atoms with Crippen molar-refractivity contribution in [3.8, 4) is 0 Å². The summed E-state index contributed by atoms with van der Waals surface area (Å²) < 4.78 is 0. The van der Waals surface area contributed by atoms with Crippen LogP contribution >= 0.6 is 0 Å². The average Bonchev–Trinajstić information content (AvgIpc) is 2.42. The smallest absolute Gasteiger partial charge is 0.0472 e. The Balaban J connectivity index is 2.87. The molecule has 0 radical (unpaired) electrons. The standard InChI is InChI=1S/C18H32N2/c1-7-13-19-14-17(16-11-9-8-10-12-16)20(6)15(2)18(3,4)5/h8-12,15,17,19H,7,13-14H2,1-6H3. The molecule has 2 atom stereocenters. The highest BCUT2D eigenvalue weighted by atomic mass is 15.2. The van der Waals surface area contributed by atoms with Gasteiger partial charge in [0.2, 0.25) is 0 Å². The summed E-state index contributed by atoms with van der Waals surface area (Å²) in [5.41, 5.74) is 1.68. The van der Waals surface area contributed by atoms with E-state index in [1.54, 1.807) is 0 Å². The molecule has 0 spiro atoms. The van der Waals surface area contributed by atoms with Crippen LogP contribution in [0, 0.1) is 5.41 Å². The van der Waals surface area contributed by atoms with Gasteiger partial charge in [-0.15, -0.1) is 0 Å². The molecule has 0 amide bonds. The van der Waals surface area contributed by atoms with E-state index in [9.17, 15) is 0 Å². The lowest BCUT2D eigenvalue weighted by Gasteiger charge is -2.40. The third-order valence-electron chi connectivity index (χ3n) is 4.30. The first-order valence-electron chi connectivity index (χ1n) is 7.85. The van der Waals surface area contributed by atoms with E-state index in [1.807, 2.05) is 0 Å². The van der Waals surface area contributed by atoms with Crippen LogP contribution in [-0.4, -0.2) is 31.1 Å². The first kappa shape index (κ1) is 17.2. The Morgan fingerprint density at radius 3 is 2.25 bits per heavy atom. The first-order chi connectivity index (χ1) is 9.38. The number of hydrogen-bond acceptors (Lipinski definition) is 2. The fourth-order valence-corrected chi connectivity index (χ4v) is 2.47. The SMILES string of the molecule is CCCNCC(c1ccccc1)N(C)C(C)C(C)(C)C. The van der Waals surface area contributed by atoms with E-state index in [4.69, 9.17) is 0 Å². The number of nitrogens with zero attached hydrogens (tertiary/aromatic N) is 1. The number of nitrogens with one attached hydrogen (secondary N) is 1. The number of benzene rings is 1. The quantitative estimate of drug-likeness (QED) is 0.754. The zero-order valence-corrected chi connectivity index (χ0v) is 14.1. The lowest BCUT2D eigenvalue weighted by molar-refractivity contribution is 0.0960. The van der Waals surface area contributed by atoms with Crippen molar-refractivity contribution >= 4 is 0 Å². The van der Waals surface area contributed by atoms with Gasteiger partial charge < -0.3 is 5.32 Å². The first-order valence-corrected chi connectivity index (χ1v) is 7.85. The van der Waals surface area contributed by atoms with Gasteiger partial charge in [-0.2, -0.15) is 0 Å². The van der Waals surface area contributed by atoms with Crippen LogP contribution in [0.2, 0.25) is 0 Å². The van der Waals surface area contributed by atoms with Crippen LogP contribution in [0.1, 0.15) is 52.6 Å². The largest absolute Gasteiger partial charge is 0.315 e. The zero-order valence-electron chi connectivity index (χ0n) is 14.1. The molecular formula is C18H32N2. The van der Waals surface area contributed by atoms with Crippen LogP contribution in [-0.2, 0) is 0 Å². The van der Waals surface area contributed by atoms with E-state index in [-0.39, 0.29) is 5.41 Å². The Labute approximate surface area is 125 Å².